The molecule has 2 N–H and O–H groups in total. The quantitative estimate of drug-likeness (QED) is 0.456. The van der Waals surface area contributed by atoms with Gasteiger partial charge in [-0.05, 0) is 50.1 Å². The van der Waals surface area contributed by atoms with Crippen LogP contribution < -0.4 is 19.5 Å². The van der Waals surface area contributed by atoms with Crippen molar-refractivity contribution >= 4 is 27.7 Å². The molecule has 0 aliphatic carbocycles. The van der Waals surface area contributed by atoms with Crippen molar-refractivity contribution in [3.8, 4) is 11.5 Å². The van der Waals surface area contributed by atoms with Crippen LogP contribution in [0.1, 0.15) is 25.0 Å². The number of esters is 1. The van der Waals surface area contributed by atoms with Gasteiger partial charge in [-0.1, -0.05) is 18.2 Å². The molecular weight excluding hydrogens is 462 g/mol. The first-order chi connectivity index (χ1) is 16.3. The fourth-order valence-corrected chi connectivity index (χ4v) is 4.49. The molecule has 0 radical (unpaired) electrons. The van der Waals surface area contributed by atoms with E-state index in [4.69, 9.17) is 14.2 Å². The lowest BCUT2D eigenvalue weighted by Gasteiger charge is -2.12. The number of hydrogen-bond acceptors (Lipinski definition) is 8. The second kappa shape index (κ2) is 11.5. The molecule has 0 unspecified atom stereocenters. The molecule has 0 atom stereocenters. The molecular formula is C23H27N3O7S. The summed E-state index contributed by atoms with van der Waals surface area (Å²) in [5, 5.41) is 2.68. The van der Waals surface area contributed by atoms with Gasteiger partial charge in [0, 0.05) is 12.1 Å². The molecule has 11 heteroatoms. The normalized spacial score (nSPS) is 14.7. The van der Waals surface area contributed by atoms with Crippen LogP contribution in [-0.2, 0) is 30.8 Å². The van der Waals surface area contributed by atoms with E-state index in [0.717, 1.165) is 5.56 Å². The number of hydrogen-bond donors (Lipinski definition) is 2. The van der Waals surface area contributed by atoms with Crippen molar-refractivity contribution in [3.63, 3.8) is 0 Å². The lowest BCUT2D eigenvalue weighted by Crippen LogP contribution is -2.31. The minimum atomic E-state index is -3.69. The number of ether oxygens (including phenoxy) is 3. The molecule has 2 aromatic carbocycles. The van der Waals surface area contributed by atoms with Crippen LogP contribution in [0.15, 0.2) is 52.4 Å². The lowest BCUT2D eigenvalue weighted by molar-refractivity contribution is -0.147. The average Bonchev–Trinajstić information content (AvgIpc) is 3.08. The molecule has 0 spiro atoms. The van der Waals surface area contributed by atoms with Crippen LogP contribution in [0, 0.1) is 0 Å². The standard InChI is InChI=1S/C23H27N3O7S/c1-3-31-18-10-9-16(13-19(18)32-4-2)11-12-24-21(27)15-33-22(28)14-25-23-17-7-5-6-8-20(17)34(29,30)26-23/h5-10,13H,3-4,11-12,14-15H2,1-2H3,(H,24,27)(H,25,26). The molecule has 1 heterocycles. The van der Waals surface area contributed by atoms with E-state index in [1.165, 1.54) is 6.07 Å². The number of nitrogens with zero attached hydrogens (tertiary/aromatic N) is 1. The molecule has 10 nitrogen and oxygen atoms in total. The number of rotatable bonds is 11. The van der Waals surface area contributed by atoms with Crippen LogP contribution in [0.5, 0.6) is 11.5 Å². The monoisotopic (exact) mass is 489 g/mol. The van der Waals surface area contributed by atoms with Gasteiger partial charge in [-0.3, -0.25) is 19.3 Å². The fourth-order valence-electron chi connectivity index (χ4n) is 3.23. The zero-order valence-corrected chi connectivity index (χ0v) is 19.8. The Morgan fingerprint density at radius 2 is 1.76 bits per heavy atom. The molecule has 3 rings (SSSR count). The molecule has 1 aliphatic heterocycles. The molecule has 182 valence electrons. The smallest absolute Gasteiger partial charge is 0.328 e. The number of fused-ring (bicyclic) bond motifs is 1. The molecule has 1 amide bonds. The molecule has 0 bridgehead atoms. The van der Waals surface area contributed by atoms with Gasteiger partial charge in [0.05, 0.1) is 18.1 Å². The van der Waals surface area contributed by atoms with Gasteiger partial charge in [-0.25, -0.2) is 8.42 Å². The molecule has 1 aliphatic rings. The zero-order valence-electron chi connectivity index (χ0n) is 19.0. The number of carbonyl (C=O) groups is 2. The van der Waals surface area contributed by atoms with Crippen molar-refractivity contribution in [2.24, 2.45) is 4.99 Å². The Bertz CT molecular complexity index is 1180. The summed E-state index contributed by atoms with van der Waals surface area (Å²) in [5.41, 5.74) is 1.34. The van der Waals surface area contributed by atoms with Crippen LogP contribution in [0.2, 0.25) is 0 Å². The van der Waals surface area contributed by atoms with E-state index in [9.17, 15) is 18.0 Å². The Labute approximate surface area is 198 Å². The molecule has 0 fully saturated rings. The number of carbonyl (C=O) groups excluding carboxylic acids is 2. The third-order valence-corrected chi connectivity index (χ3v) is 6.13. The van der Waals surface area contributed by atoms with Crippen molar-refractivity contribution in [2.75, 3.05) is 32.9 Å². The zero-order chi connectivity index (χ0) is 24.6. The Morgan fingerprint density at radius 3 is 2.53 bits per heavy atom. The van der Waals surface area contributed by atoms with E-state index >= 15 is 0 Å². The first-order valence-corrected chi connectivity index (χ1v) is 12.3. The van der Waals surface area contributed by atoms with Gasteiger partial charge in [-0.2, -0.15) is 0 Å². The second-order valence-corrected chi connectivity index (χ2v) is 8.83. The van der Waals surface area contributed by atoms with Gasteiger partial charge in [0.15, 0.2) is 18.1 Å². The molecule has 0 aromatic heterocycles. The van der Waals surface area contributed by atoms with Crippen molar-refractivity contribution < 1.29 is 32.2 Å². The summed E-state index contributed by atoms with van der Waals surface area (Å²) in [6.07, 6.45) is 0.555. The van der Waals surface area contributed by atoms with Crippen LogP contribution in [0.25, 0.3) is 0 Å². The van der Waals surface area contributed by atoms with Gasteiger partial charge in [0.1, 0.15) is 12.4 Å². The summed E-state index contributed by atoms with van der Waals surface area (Å²) in [6.45, 7) is 4.29. The fraction of sp³-hybridized carbons (Fsp3) is 0.348. The third-order valence-electron chi connectivity index (χ3n) is 4.74. The maximum atomic E-state index is 12.0. The number of sulfonamides is 1. The van der Waals surface area contributed by atoms with E-state index < -0.39 is 35.1 Å². The van der Waals surface area contributed by atoms with Gasteiger partial charge >= 0.3 is 5.97 Å². The molecule has 0 saturated carbocycles. The van der Waals surface area contributed by atoms with Crippen LogP contribution in [0.4, 0.5) is 0 Å². The summed E-state index contributed by atoms with van der Waals surface area (Å²) in [7, 11) is -3.69. The van der Waals surface area contributed by atoms with Gasteiger partial charge in [0.2, 0.25) is 0 Å². The number of amides is 1. The highest BCUT2D eigenvalue weighted by Crippen LogP contribution is 2.28. The number of amidine groups is 1. The number of benzene rings is 2. The van der Waals surface area contributed by atoms with Gasteiger partial charge < -0.3 is 19.5 Å². The summed E-state index contributed by atoms with van der Waals surface area (Å²) in [4.78, 5) is 28.0. The average molecular weight is 490 g/mol. The Hall–Kier alpha value is -3.60. The highest BCUT2D eigenvalue weighted by atomic mass is 32.2. The predicted octanol–water partition coefficient (Wildman–Crippen LogP) is 1.42. The van der Waals surface area contributed by atoms with Crippen LogP contribution >= 0.6 is 0 Å². The SMILES string of the molecule is CCOc1ccc(CCNC(=O)COC(=O)CN=C2NS(=O)(=O)c3ccccc32)cc1OCC. The summed E-state index contributed by atoms with van der Waals surface area (Å²) >= 11 is 0. The third kappa shape index (κ3) is 6.47. The topological polar surface area (TPSA) is 132 Å². The van der Waals surface area contributed by atoms with Crippen molar-refractivity contribution in [3.05, 3.63) is 53.6 Å². The van der Waals surface area contributed by atoms with Gasteiger partial charge in [0.25, 0.3) is 15.9 Å². The van der Waals surface area contributed by atoms with E-state index in [-0.39, 0.29) is 10.7 Å². The Morgan fingerprint density at radius 1 is 1.03 bits per heavy atom. The van der Waals surface area contributed by atoms with E-state index in [1.807, 2.05) is 32.0 Å². The van der Waals surface area contributed by atoms with Crippen LogP contribution in [0.3, 0.4) is 0 Å². The number of nitrogens with one attached hydrogen (secondary N) is 2. The second-order valence-electron chi connectivity index (χ2n) is 7.17. The van der Waals surface area contributed by atoms with Crippen molar-refractivity contribution in [2.45, 2.75) is 25.2 Å². The van der Waals surface area contributed by atoms with E-state index in [2.05, 4.69) is 15.0 Å². The maximum Gasteiger partial charge on any atom is 0.328 e. The first-order valence-electron chi connectivity index (χ1n) is 10.8. The summed E-state index contributed by atoms with van der Waals surface area (Å²) < 4.78 is 42.5. The molecule has 2 aromatic rings. The maximum absolute atomic E-state index is 12.0. The minimum absolute atomic E-state index is 0.0683. The van der Waals surface area contributed by atoms with Crippen LogP contribution in [-0.4, -0.2) is 59.0 Å². The van der Waals surface area contributed by atoms with Gasteiger partial charge in [-0.15, -0.1) is 0 Å². The number of aliphatic imine (C=N–C) groups is 1. The largest absolute Gasteiger partial charge is 0.490 e. The summed E-state index contributed by atoms with van der Waals surface area (Å²) in [6, 6.07) is 11.9. The van der Waals surface area contributed by atoms with Crippen molar-refractivity contribution in [1.29, 1.82) is 0 Å². The van der Waals surface area contributed by atoms with Crippen molar-refractivity contribution in [1.82, 2.24) is 10.0 Å². The summed E-state index contributed by atoms with van der Waals surface area (Å²) in [5.74, 6) is 0.180. The highest BCUT2D eigenvalue weighted by Gasteiger charge is 2.30. The lowest BCUT2D eigenvalue weighted by atomic mass is 10.1. The molecule has 0 saturated heterocycles. The molecule has 34 heavy (non-hydrogen) atoms. The van der Waals surface area contributed by atoms with E-state index in [1.54, 1.807) is 18.2 Å². The first kappa shape index (κ1) is 25.0. The van der Waals surface area contributed by atoms with E-state index in [0.29, 0.717) is 43.2 Å². The Balaban J connectivity index is 1.43. The minimum Gasteiger partial charge on any atom is -0.490 e. The highest BCUT2D eigenvalue weighted by molar-refractivity contribution is 7.90. The predicted molar refractivity (Wildman–Crippen MR) is 125 cm³/mol. The Kier molecular flexibility index (Phi) is 8.47.